The lowest BCUT2D eigenvalue weighted by molar-refractivity contribution is -0.682. The fourth-order valence-corrected chi connectivity index (χ4v) is 4.12. The third-order valence-corrected chi connectivity index (χ3v) is 5.70. The monoisotopic (exact) mass is 361 g/mol. The van der Waals surface area contributed by atoms with E-state index in [1.807, 2.05) is 16.3 Å². The van der Waals surface area contributed by atoms with Crippen molar-refractivity contribution in [1.29, 1.82) is 0 Å². The van der Waals surface area contributed by atoms with Crippen LogP contribution in [0.5, 0.6) is 0 Å². The molecule has 0 spiro atoms. The van der Waals surface area contributed by atoms with E-state index in [4.69, 9.17) is 0 Å². The molecule has 1 fully saturated rings. The summed E-state index contributed by atoms with van der Waals surface area (Å²) in [5, 5.41) is 4.25. The predicted molar refractivity (Wildman–Crippen MR) is 98.6 cm³/mol. The van der Waals surface area contributed by atoms with Crippen LogP contribution in [0.1, 0.15) is 42.5 Å². The molecule has 1 heterocycles. The second kappa shape index (κ2) is 9.11. The quantitative estimate of drug-likeness (QED) is 0.807. The van der Waals surface area contributed by atoms with Crippen LogP contribution in [0.25, 0.3) is 0 Å². The van der Waals surface area contributed by atoms with Crippen LogP contribution in [-0.2, 0) is 17.9 Å². The minimum absolute atomic E-state index is 0.156. The largest absolute Gasteiger partial charge is 0.336 e. The Bertz CT molecular complexity index is 651. The zero-order valence-corrected chi connectivity index (χ0v) is 15.3. The van der Waals surface area contributed by atoms with Crippen LogP contribution in [0, 0.1) is 5.82 Å². The van der Waals surface area contributed by atoms with Crippen LogP contribution >= 0.6 is 11.3 Å². The van der Waals surface area contributed by atoms with Gasteiger partial charge < -0.3 is 10.2 Å². The lowest BCUT2D eigenvalue weighted by Gasteiger charge is -2.24. The Morgan fingerprint density at radius 3 is 2.56 bits per heavy atom. The Labute approximate surface area is 152 Å². The van der Waals surface area contributed by atoms with E-state index in [2.05, 4.69) is 11.4 Å². The highest BCUT2D eigenvalue weighted by Gasteiger charge is 2.21. The molecule has 0 radical (unpaired) electrons. The van der Waals surface area contributed by atoms with Crippen LogP contribution in [-0.4, -0.2) is 23.4 Å². The van der Waals surface area contributed by atoms with Crippen molar-refractivity contribution in [3.05, 3.63) is 58.0 Å². The van der Waals surface area contributed by atoms with Crippen molar-refractivity contribution >= 4 is 17.2 Å². The topological polar surface area (TPSA) is 36.9 Å². The van der Waals surface area contributed by atoms with Crippen LogP contribution in [0.3, 0.4) is 0 Å². The maximum Gasteiger partial charge on any atom is 0.278 e. The first-order valence-electron chi connectivity index (χ1n) is 9.08. The number of thiophene rings is 1. The Balaban J connectivity index is 1.61. The molecule has 0 unspecified atom stereocenters. The second-order valence-corrected chi connectivity index (χ2v) is 7.83. The summed E-state index contributed by atoms with van der Waals surface area (Å²) in [6, 6.07) is 11.1. The minimum Gasteiger partial charge on any atom is -0.336 e. The number of nitrogens with zero attached hydrogens (tertiary/aromatic N) is 1. The molecule has 2 N–H and O–H groups in total. The van der Waals surface area contributed by atoms with Crippen molar-refractivity contribution in [2.75, 3.05) is 6.54 Å². The van der Waals surface area contributed by atoms with Crippen LogP contribution in [0.15, 0.2) is 41.8 Å². The normalized spacial score (nSPS) is 15.2. The highest BCUT2D eigenvalue weighted by molar-refractivity contribution is 7.09. The number of hydrogen-bond donors (Lipinski definition) is 1. The Kier molecular flexibility index (Phi) is 6.59. The van der Waals surface area contributed by atoms with Gasteiger partial charge in [-0.25, -0.2) is 4.39 Å². The average Bonchev–Trinajstić information content (AvgIpc) is 3.15. The van der Waals surface area contributed by atoms with E-state index < -0.39 is 0 Å². The highest BCUT2D eigenvalue weighted by Crippen LogP contribution is 2.16. The van der Waals surface area contributed by atoms with Crippen molar-refractivity contribution in [3.8, 4) is 0 Å². The van der Waals surface area contributed by atoms with Gasteiger partial charge in [0.05, 0.1) is 12.6 Å². The molecule has 3 nitrogen and oxygen atoms in total. The molecular formula is C20H26FN2OS+. The third kappa shape index (κ3) is 5.65. The number of amides is 1. The van der Waals surface area contributed by atoms with E-state index >= 15 is 0 Å². The van der Waals surface area contributed by atoms with E-state index in [-0.39, 0.29) is 11.7 Å². The number of hydrogen-bond acceptors (Lipinski definition) is 2. The molecule has 0 bridgehead atoms. The Hall–Kier alpha value is -1.72. The van der Waals surface area contributed by atoms with Gasteiger partial charge in [0.25, 0.3) is 5.91 Å². The molecule has 2 aromatic rings. The predicted octanol–water partition coefficient (Wildman–Crippen LogP) is 3.31. The van der Waals surface area contributed by atoms with E-state index in [0.29, 0.717) is 25.7 Å². The highest BCUT2D eigenvalue weighted by atomic mass is 32.1. The number of carbonyl (C=O) groups excluding carboxylic acids is 1. The summed E-state index contributed by atoms with van der Waals surface area (Å²) >= 11 is 1.66. The fourth-order valence-electron chi connectivity index (χ4n) is 3.40. The van der Waals surface area contributed by atoms with E-state index in [1.54, 1.807) is 23.5 Å². The maximum atomic E-state index is 13.1. The third-order valence-electron chi connectivity index (χ3n) is 4.84. The first kappa shape index (κ1) is 18.1. The van der Waals surface area contributed by atoms with Crippen LogP contribution in [0.2, 0.25) is 0 Å². The van der Waals surface area contributed by atoms with Gasteiger partial charge in [0.1, 0.15) is 5.82 Å². The standard InChI is InChI=1S/C20H25FN2OS/c21-17-10-8-16(9-11-17)14-23(15-19-7-4-12-25-19)20(24)13-22-18-5-2-1-3-6-18/h4,7-12,18,22H,1-3,5-6,13-15H2/p+1. The molecule has 1 aliphatic carbocycles. The Morgan fingerprint density at radius 1 is 1.12 bits per heavy atom. The van der Waals surface area contributed by atoms with E-state index in [9.17, 15) is 9.18 Å². The SMILES string of the molecule is O=C(C[NH2+]C1CCCCC1)N(Cc1ccc(F)cc1)Cc1cccs1. The van der Waals surface area contributed by atoms with E-state index in [0.717, 1.165) is 5.56 Å². The second-order valence-electron chi connectivity index (χ2n) is 6.79. The van der Waals surface area contributed by atoms with Crippen LogP contribution in [0.4, 0.5) is 4.39 Å². The average molecular weight is 362 g/mol. The van der Waals surface area contributed by atoms with Crippen molar-refractivity contribution < 1.29 is 14.5 Å². The fraction of sp³-hybridized carbons (Fsp3) is 0.450. The molecule has 1 aromatic heterocycles. The lowest BCUT2D eigenvalue weighted by Crippen LogP contribution is -2.92. The van der Waals surface area contributed by atoms with Gasteiger partial charge in [-0.3, -0.25) is 4.79 Å². The summed E-state index contributed by atoms with van der Waals surface area (Å²) < 4.78 is 13.1. The Morgan fingerprint density at radius 2 is 1.88 bits per heavy atom. The summed E-state index contributed by atoms with van der Waals surface area (Å²) in [6.07, 6.45) is 6.33. The summed E-state index contributed by atoms with van der Waals surface area (Å²) in [5.41, 5.74) is 0.962. The van der Waals surface area contributed by atoms with Gasteiger partial charge in [0.15, 0.2) is 6.54 Å². The first-order chi connectivity index (χ1) is 12.2. The molecule has 0 aliphatic heterocycles. The van der Waals surface area contributed by atoms with Crippen molar-refractivity contribution in [3.63, 3.8) is 0 Å². The smallest absolute Gasteiger partial charge is 0.278 e. The van der Waals surface area contributed by atoms with Crippen molar-refractivity contribution in [1.82, 2.24) is 4.90 Å². The zero-order valence-electron chi connectivity index (χ0n) is 14.5. The molecule has 1 aliphatic rings. The van der Waals surface area contributed by atoms with Gasteiger partial charge in [-0.05, 0) is 54.8 Å². The maximum absolute atomic E-state index is 13.1. The number of benzene rings is 1. The molecule has 1 saturated carbocycles. The number of carbonyl (C=O) groups is 1. The van der Waals surface area contributed by atoms with E-state index in [1.165, 1.54) is 49.1 Å². The number of rotatable bonds is 7. The number of nitrogens with two attached hydrogens (primary N) is 1. The zero-order chi connectivity index (χ0) is 17.5. The van der Waals surface area contributed by atoms with Gasteiger partial charge in [-0.2, -0.15) is 0 Å². The van der Waals surface area contributed by atoms with Gasteiger partial charge in [0, 0.05) is 11.4 Å². The number of halogens is 1. The van der Waals surface area contributed by atoms with Gasteiger partial charge >= 0.3 is 0 Å². The molecule has 0 saturated heterocycles. The van der Waals surface area contributed by atoms with Gasteiger partial charge in [-0.1, -0.05) is 24.6 Å². The molecule has 1 aromatic carbocycles. The number of quaternary nitrogens is 1. The first-order valence-corrected chi connectivity index (χ1v) is 9.96. The summed E-state index contributed by atoms with van der Waals surface area (Å²) in [5.74, 6) is -0.0891. The van der Waals surface area contributed by atoms with Gasteiger partial charge in [0.2, 0.25) is 0 Å². The molecular weight excluding hydrogens is 335 g/mol. The van der Waals surface area contributed by atoms with Crippen molar-refractivity contribution in [2.45, 2.75) is 51.2 Å². The minimum atomic E-state index is -0.245. The van der Waals surface area contributed by atoms with Crippen LogP contribution < -0.4 is 5.32 Å². The summed E-state index contributed by atoms with van der Waals surface area (Å²) in [4.78, 5) is 15.9. The van der Waals surface area contributed by atoms with Gasteiger partial charge in [-0.15, -0.1) is 11.3 Å². The van der Waals surface area contributed by atoms with Crippen molar-refractivity contribution in [2.24, 2.45) is 0 Å². The molecule has 3 rings (SSSR count). The summed E-state index contributed by atoms with van der Waals surface area (Å²) in [6.45, 7) is 1.64. The molecule has 5 heteroatoms. The molecule has 134 valence electrons. The lowest BCUT2D eigenvalue weighted by atomic mass is 9.95. The molecule has 1 amide bonds. The summed E-state index contributed by atoms with van der Waals surface area (Å²) in [7, 11) is 0. The molecule has 0 atom stereocenters. The molecule has 25 heavy (non-hydrogen) atoms.